The molecule has 2 N–H and O–H groups in total. The highest BCUT2D eigenvalue weighted by Crippen LogP contribution is 2.41. The molecule has 3 atom stereocenters. The highest BCUT2D eigenvalue weighted by molar-refractivity contribution is 8.00. The summed E-state index contributed by atoms with van der Waals surface area (Å²) in [5.41, 5.74) is 6.25. The standard InChI is InChI=1S/C13H22ClNS2/c1-5-10(15)13(16-9(4)8(2)3)11-6-7-12(14)17-11/h6-10,13H,5,15H2,1-4H3. The molecule has 0 aliphatic rings. The van der Waals surface area contributed by atoms with Gasteiger partial charge in [-0.2, -0.15) is 0 Å². The van der Waals surface area contributed by atoms with Crippen LogP contribution in [0.5, 0.6) is 0 Å². The monoisotopic (exact) mass is 291 g/mol. The molecular weight excluding hydrogens is 270 g/mol. The molecule has 1 heterocycles. The second-order valence-corrected chi connectivity index (χ2v) is 7.99. The molecule has 0 fully saturated rings. The fraction of sp³-hybridized carbons (Fsp3) is 0.692. The van der Waals surface area contributed by atoms with Crippen LogP contribution >= 0.6 is 34.7 Å². The van der Waals surface area contributed by atoms with Crippen LogP contribution in [0.25, 0.3) is 0 Å². The van der Waals surface area contributed by atoms with Crippen molar-refractivity contribution in [2.45, 2.75) is 50.7 Å². The molecule has 0 saturated heterocycles. The molecule has 0 radical (unpaired) electrons. The molecule has 1 nitrogen and oxygen atoms in total. The van der Waals surface area contributed by atoms with Gasteiger partial charge < -0.3 is 5.73 Å². The first-order chi connectivity index (χ1) is 7.95. The van der Waals surface area contributed by atoms with Crippen LogP contribution in [0, 0.1) is 5.92 Å². The van der Waals surface area contributed by atoms with Crippen molar-refractivity contribution in [3.8, 4) is 0 Å². The summed E-state index contributed by atoms with van der Waals surface area (Å²) in [6.07, 6.45) is 0.998. The van der Waals surface area contributed by atoms with Crippen molar-refractivity contribution in [3.05, 3.63) is 21.3 Å². The molecular formula is C13H22ClNS2. The Morgan fingerprint density at radius 2 is 2.00 bits per heavy atom. The van der Waals surface area contributed by atoms with Gasteiger partial charge in [0.25, 0.3) is 0 Å². The third kappa shape index (κ3) is 4.47. The summed E-state index contributed by atoms with van der Waals surface area (Å²) in [4.78, 5) is 1.31. The lowest BCUT2D eigenvalue weighted by molar-refractivity contribution is 0.613. The number of thioether (sulfide) groups is 1. The van der Waals surface area contributed by atoms with E-state index in [9.17, 15) is 0 Å². The predicted molar refractivity (Wildman–Crippen MR) is 82.2 cm³/mol. The topological polar surface area (TPSA) is 26.0 Å². The van der Waals surface area contributed by atoms with E-state index in [0.717, 1.165) is 10.8 Å². The first-order valence-corrected chi connectivity index (χ1v) is 8.25. The zero-order valence-electron chi connectivity index (χ0n) is 10.9. The van der Waals surface area contributed by atoms with Crippen molar-refractivity contribution in [2.75, 3.05) is 0 Å². The Balaban J connectivity index is 2.81. The number of rotatable bonds is 6. The number of hydrogen-bond donors (Lipinski definition) is 1. The lowest BCUT2D eigenvalue weighted by Crippen LogP contribution is -2.27. The average molecular weight is 292 g/mol. The average Bonchev–Trinajstić information content (AvgIpc) is 2.70. The van der Waals surface area contributed by atoms with Crippen molar-refractivity contribution >= 4 is 34.7 Å². The Labute approximate surface area is 118 Å². The largest absolute Gasteiger partial charge is 0.326 e. The minimum Gasteiger partial charge on any atom is -0.326 e. The molecule has 0 aromatic carbocycles. The molecule has 0 aliphatic heterocycles. The second-order valence-electron chi connectivity index (χ2n) is 4.72. The van der Waals surface area contributed by atoms with Crippen LogP contribution in [0.4, 0.5) is 0 Å². The highest BCUT2D eigenvalue weighted by atomic mass is 35.5. The van der Waals surface area contributed by atoms with E-state index in [-0.39, 0.29) is 6.04 Å². The number of hydrogen-bond acceptors (Lipinski definition) is 3. The third-order valence-electron chi connectivity index (χ3n) is 3.03. The Morgan fingerprint density at radius 3 is 2.41 bits per heavy atom. The van der Waals surface area contributed by atoms with Gasteiger partial charge in [-0.25, -0.2) is 0 Å². The maximum atomic E-state index is 6.25. The van der Waals surface area contributed by atoms with Gasteiger partial charge in [0, 0.05) is 16.2 Å². The maximum Gasteiger partial charge on any atom is 0.0931 e. The van der Waals surface area contributed by atoms with Gasteiger partial charge in [-0.3, -0.25) is 0 Å². The Kier molecular flexibility index (Phi) is 6.35. The van der Waals surface area contributed by atoms with Crippen molar-refractivity contribution in [1.29, 1.82) is 0 Å². The molecule has 17 heavy (non-hydrogen) atoms. The molecule has 1 aromatic rings. The SMILES string of the molecule is CCC(N)C(SC(C)C(C)C)c1ccc(Cl)s1. The van der Waals surface area contributed by atoms with E-state index < -0.39 is 0 Å². The zero-order valence-corrected chi connectivity index (χ0v) is 13.3. The molecule has 1 rings (SSSR count). The van der Waals surface area contributed by atoms with Crippen LogP contribution in [-0.4, -0.2) is 11.3 Å². The summed E-state index contributed by atoms with van der Waals surface area (Å²) in [5.74, 6) is 0.669. The molecule has 0 spiro atoms. The van der Waals surface area contributed by atoms with Crippen molar-refractivity contribution in [3.63, 3.8) is 0 Å². The molecule has 0 bridgehead atoms. The summed E-state index contributed by atoms with van der Waals surface area (Å²) in [7, 11) is 0. The molecule has 0 amide bonds. The smallest absolute Gasteiger partial charge is 0.0931 e. The second kappa shape index (κ2) is 7.03. The van der Waals surface area contributed by atoms with E-state index in [1.165, 1.54) is 4.88 Å². The van der Waals surface area contributed by atoms with Crippen LogP contribution in [0.3, 0.4) is 0 Å². The quantitative estimate of drug-likeness (QED) is 0.802. The molecule has 4 heteroatoms. The van der Waals surface area contributed by atoms with Crippen molar-refractivity contribution in [1.82, 2.24) is 0 Å². The van der Waals surface area contributed by atoms with E-state index >= 15 is 0 Å². The first-order valence-electron chi connectivity index (χ1n) is 6.12. The summed E-state index contributed by atoms with van der Waals surface area (Å²) >= 11 is 9.66. The molecule has 1 aromatic heterocycles. The predicted octanol–water partition coefficient (Wildman–Crippen LogP) is 4.96. The third-order valence-corrected chi connectivity index (χ3v) is 6.37. The molecule has 98 valence electrons. The highest BCUT2D eigenvalue weighted by Gasteiger charge is 2.24. The van der Waals surface area contributed by atoms with E-state index in [1.807, 2.05) is 17.8 Å². The number of thiophene rings is 1. The van der Waals surface area contributed by atoms with Crippen molar-refractivity contribution < 1.29 is 0 Å². The Morgan fingerprint density at radius 1 is 1.35 bits per heavy atom. The van der Waals surface area contributed by atoms with Gasteiger partial charge >= 0.3 is 0 Å². The van der Waals surface area contributed by atoms with Crippen LogP contribution < -0.4 is 5.73 Å². The van der Waals surface area contributed by atoms with E-state index in [2.05, 4.69) is 33.8 Å². The van der Waals surface area contributed by atoms with Crippen LogP contribution in [0.1, 0.15) is 44.2 Å². The zero-order chi connectivity index (χ0) is 13.0. The van der Waals surface area contributed by atoms with Gasteiger partial charge in [0.1, 0.15) is 0 Å². The summed E-state index contributed by atoms with van der Waals surface area (Å²) in [6, 6.07) is 4.29. The minimum atomic E-state index is 0.205. The van der Waals surface area contributed by atoms with Gasteiger partial charge in [0.2, 0.25) is 0 Å². The fourth-order valence-corrected chi connectivity index (χ4v) is 4.28. The summed E-state index contributed by atoms with van der Waals surface area (Å²) < 4.78 is 0.853. The van der Waals surface area contributed by atoms with Crippen LogP contribution in [0.15, 0.2) is 12.1 Å². The number of nitrogens with two attached hydrogens (primary N) is 1. The number of halogens is 1. The fourth-order valence-electron chi connectivity index (χ4n) is 1.46. The van der Waals surface area contributed by atoms with E-state index in [1.54, 1.807) is 11.3 Å². The van der Waals surface area contributed by atoms with Gasteiger partial charge in [0.05, 0.1) is 9.59 Å². The lowest BCUT2D eigenvalue weighted by atomic mass is 10.1. The van der Waals surface area contributed by atoms with Gasteiger partial charge in [-0.1, -0.05) is 39.3 Å². The molecule has 3 unspecified atom stereocenters. The van der Waals surface area contributed by atoms with Crippen molar-refractivity contribution in [2.24, 2.45) is 11.7 Å². The lowest BCUT2D eigenvalue weighted by Gasteiger charge is -2.26. The van der Waals surface area contributed by atoms with E-state index in [4.69, 9.17) is 17.3 Å². The molecule has 0 aliphatic carbocycles. The normalized spacial score (nSPS) is 17.1. The summed E-state index contributed by atoms with van der Waals surface area (Å²) in [6.45, 7) is 8.94. The maximum absolute atomic E-state index is 6.25. The van der Waals surface area contributed by atoms with Crippen LogP contribution in [-0.2, 0) is 0 Å². The molecule has 0 saturated carbocycles. The Bertz CT molecular complexity index is 338. The minimum absolute atomic E-state index is 0.205. The van der Waals surface area contributed by atoms with Gasteiger partial charge in [-0.05, 0) is 24.5 Å². The Hall–Kier alpha value is 0.300. The first kappa shape index (κ1) is 15.4. The van der Waals surface area contributed by atoms with Gasteiger partial charge in [0.15, 0.2) is 0 Å². The van der Waals surface area contributed by atoms with E-state index in [0.29, 0.717) is 16.4 Å². The van der Waals surface area contributed by atoms with Crippen LogP contribution in [0.2, 0.25) is 4.34 Å². The van der Waals surface area contributed by atoms with Gasteiger partial charge in [-0.15, -0.1) is 23.1 Å². The summed E-state index contributed by atoms with van der Waals surface area (Å²) in [5, 5.41) is 0.980.